The molecule has 1 rings (SSSR count). The quantitative estimate of drug-likeness (QED) is 0.733. The fourth-order valence-corrected chi connectivity index (χ4v) is 1.06. The number of hydrogen-bond donors (Lipinski definition) is 2. The van der Waals surface area contributed by atoms with E-state index >= 15 is 0 Å². The lowest BCUT2D eigenvalue weighted by molar-refractivity contribution is 0.0955. The zero-order valence-electron chi connectivity index (χ0n) is 7.60. The highest BCUT2D eigenvalue weighted by molar-refractivity contribution is 5.28. The van der Waals surface area contributed by atoms with Crippen LogP contribution in [0.25, 0.3) is 0 Å². The van der Waals surface area contributed by atoms with Gasteiger partial charge in [-0.15, -0.1) is 0 Å². The van der Waals surface area contributed by atoms with Crippen LogP contribution in [0.5, 0.6) is 5.75 Å². The molecule has 0 saturated heterocycles. The summed E-state index contributed by atoms with van der Waals surface area (Å²) in [6.45, 7) is 2.28. The van der Waals surface area contributed by atoms with E-state index in [0.29, 0.717) is 12.2 Å². The van der Waals surface area contributed by atoms with Gasteiger partial charge in [0.25, 0.3) is 0 Å². The van der Waals surface area contributed by atoms with E-state index in [0.717, 1.165) is 5.75 Å². The molecule has 0 aliphatic rings. The summed E-state index contributed by atoms with van der Waals surface area (Å²) in [5.41, 5.74) is 0.700. The summed E-state index contributed by atoms with van der Waals surface area (Å²) in [6, 6.07) is 7.03. The molecule has 0 aromatic heterocycles. The summed E-state index contributed by atoms with van der Waals surface area (Å²) in [4.78, 5) is 0. The third kappa shape index (κ3) is 2.72. The monoisotopic (exact) mass is 182 g/mol. The maximum Gasteiger partial charge on any atom is 0.119 e. The highest BCUT2D eigenvalue weighted by Gasteiger charge is 2.04. The Bertz CT molecular complexity index is 243. The Morgan fingerprint density at radius 2 is 1.92 bits per heavy atom. The molecule has 3 heteroatoms. The van der Waals surface area contributed by atoms with Crippen LogP contribution in [-0.4, -0.2) is 23.4 Å². The SMILES string of the molecule is CCOc1ccc(C(O)CO)cc1. The Labute approximate surface area is 77.6 Å². The van der Waals surface area contributed by atoms with Gasteiger partial charge >= 0.3 is 0 Å². The molecule has 0 amide bonds. The van der Waals surface area contributed by atoms with Crippen molar-refractivity contribution >= 4 is 0 Å². The number of rotatable bonds is 4. The number of benzene rings is 1. The molecule has 1 aromatic carbocycles. The average Bonchev–Trinajstić information content (AvgIpc) is 2.18. The van der Waals surface area contributed by atoms with E-state index in [1.165, 1.54) is 0 Å². The first kappa shape index (κ1) is 10.0. The molecule has 1 unspecified atom stereocenters. The Morgan fingerprint density at radius 1 is 1.31 bits per heavy atom. The second kappa shape index (κ2) is 4.84. The lowest BCUT2D eigenvalue weighted by atomic mass is 10.1. The first-order valence-corrected chi connectivity index (χ1v) is 4.29. The van der Waals surface area contributed by atoms with Gasteiger partial charge in [-0.25, -0.2) is 0 Å². The van der Waals surface area contributed by atoms with Crippen LogP contribution in [0.15, 0.2) is 24.3 Å². The highest BCUT2D eigenvalue weighted by Crippen LogP contribution is 2.17. The lowest BCUT2D eigenvalue weighted by Crippen LogP contribution is -2.02. The maximum absolute atomic E-state index is 9.26. The molecule has 1 atom stereocenters. The lowest BCUT2D eigenvalue weighted by Gasteiger charge is -2.08. The van der Waals surface area contributed by atoms with Crippen molar-refractivity contribution in [3.05, 3.63) is 29.8 Å². The molecule has 0 aliphatic heterocycles. The molecule has 13 heavy (non-hydrogen) atoms. The first-order valence-electron chi connectivity index (χ1n) is 4.29. The van der Waals surface area contributed by atoms with Crippen molar-refractivity contribution in [2.45, 2.75) is 13.0 Å². The van der Waals surface area contributed by atoms with Crippen molar-refractivity contribution in [1.29, 1.82) is 0 Å². The van der Waals surface area contributed by atoms with Crippen LogP contribution in [0, 0.1) is 0 Å². The molecule has 0 saturated carbocycles. The van der Waals surface area contributed by atoms with Gasteiger partial charge in [-0.2, -0.15) is 0 Å². The van der Waals surface area contributed by atoms with E-state index in [2.05, 4.69) is 0 Å². The molecular formula is C10H14O3. The fourth-order valence-electron chi connectivity index (χ4n) is 1.06. The average molecular weight is 182 g/mol. The minimum Gasteiger partial charge on any atom is -0.494 e. The second-order valence-electron chi connectivity index (χ2n) is 2.70. The number of ether oxygens (including phenoxy) is 1. The van der Waals surface area contributed by atoms with Crippen molar-refractivity contribution < 1.29 is 14.9 Å². The molecule has 2 N–H and O–H groups in total. The topological polar surface area (TPSA) is 49.7 Å². The van der Waals surface area contributed by atoms with Crippen LogP contribution in [0.4, 0.5) is 0 Å². The Hall–Kier alpha value is -1.06. The Kier molecular flexibility index (Phi) is 3.73. The molecule has 0 heterocycles. The standard InChI is InChI=1S/C10H14O3/c1-2-13-9-5-3-8(4-6-9)10(12)7-11/h3-6,10-12H,2,7H2,1H3. The molecule has 0 fully saturated rings. The van der Waals surface area contributed by atoms with Gasteiger partial charge in [-0.1, -0.05) is 12.1 Å². The largest absolute Gasteiger partial charge is 0.494 e. The normalized spacial score (nSPS) is 12.5. The first-order chi connectivity index (χ1) is 6.27. The van der Waals surface area contributed by atoms with E-state index in [-0.39, 0.29) is 6.61 Å². The predicted octanol–water partition coefficient (Wildman–Crippen LogP) is 1.11. The van der Waals surface area contributed by atoms with Crippen molar-refractivity contribution in [1.82, 2.24) is 0 Å². The van der Waals surface area contributed by atoms with E-state index in [9.17, 15) is 5.11 Å². The highest BCUT2D eigenvalue weighted by atomic mass is 16.5. The van der Waals surface area contributed by atoms with Gasteiger partial charge in [0.2, 0.25) is 0 Å². The summed E-state index contributed by atoms with van der Waals surface area (Å²) in [7, 11) is 0. The van der Waals surface area contributed by atoms with Crippen LogP contribution in [0.2, 0.25) is 0 Å². The summed E-state index contributed by atoms with van der Waals surface area (Å²) in [5.74, 6) is 0.774. The molecular weight excluding hydrogens is 168 g/mol. The van der Waals surface area contributed by atoms with Crippen molar-refractivity contribution in [3.63, 3.8) is 0 Å². The van der Waals surface area contributed by atoms with Crippen molar-refractivity contribution in [2.75, 3.05) is 13.2 Å². The minimum absolute atomic E-state index is 0.256. The molecule has 3 nitrogen and oxygen atoms in total. The van der Waals surface area contributed by atoms with Gasteiger partial charge in [0, 0.05) is 0 Å². The molecule has 0 aliphatic carbocycles. The fraction of sp³-hybridized carbons (Fsp3) is 0.400. The van der Waals surface area contributed by atoms with Crippen LogP contribution in [0.1, 0.15) is 18.6 Å². The molecule has 0 radical (unpaired) electrons. The Balaban J connectivity index is 2.69. The van der Waals surface area contributed by atoms with E-state index in [1.807, 2.05) is 6.92 Å². The van der Waals surface area contributed by atoms with Gasteiger partial charge in [0.15, 0.2) is 0 Å². The smallest absolute Gasteiger partial charge is 0.119 e. The summed E-state index contributed by atoms with van der Waals surface area (Å²) in [6.07, 6.45) is -0.796. The number of aliphatic hydroxyl groups excluding tert-OH is 2. The van der Waals surface area contributed by atoms with Gasteiger partial charge in [-0.3, -0.25) is 0 Å². The van der Waals surface area contributed by atoms with Crippen molar-refractivity contribution in [2.24, 2.45) is 0 Å². The number of hydrogen-bond acceptors (Lipinski definition) is 3. The van der Waals surface area contributed by atoms with Gasteiger partial charge in [-0.05, 0) is 24.6 Å². The van der Waals surface area contributed by atoms with Gasteiger partial charge < -0.3 is 14.9 Å². The third-order valence-electron chi connectivity index (χ3n) is 1.75. The van der Waals surface area contributed by atoms with Crippen LogP contribution >= 0.6 is 0 Å². The van der Waals surface area contributed by atoms with Crippen LogP contribution in [0.3, 0.4) is 0 Å². The molecule has 1 aromatic rings. The summed E-state index contributed by atoms with van der Waals surface area (Å²) in [5, 5.41) is 17.9. The predicted molar refractivity (Wildman–Crippen MR) is 49.7 cm³/mol. The summed E-state index contributed by atoms with van der Waals surface area (Å²) >= 11 is 0. The number of aliphatic hydroxyl groups is 2. The molecule has 72 valence electrons. The van der Waals surface area contributed by atoms with E-state index < -0.39 is 6.10 Å². The van der Waals surface area contributed by atoms with E-state index in [4.69, 9.17) is 9.84 Å². The van der Waals surface area contributed by atoms with E-state index in [1.54, 1.807) is 24.3 Å². The zero-order valence-corrected chi connectivity index (χ0v) is 7.60. The minimum atomic E-state index is -0.796. The van der Waals surface area contributed by atoms with Crippen LogP contribution < -0.4 is 4.74 Å². The van der Waals surface area contributed by atoms with Crippen molar-refractivity contribution in [3.8, 4) is 5.75 Å². The second-order valence-corrected chi connectivity index (χ2v) is 2.70. The zero-order chi connectivity index (χ0) is 9.68. The molecule has 0 spiro atoms. The Morgan fingerprint density at radius 3 is 2.38 bits per heavy atom. The third-order valence-corrected chi connectivity index (χ3v) is 1.75. The van der Waals surface area contributed by atoms with Crippen LogP contribution in [-0.2, 0) is 0 Å². The van der Waals surface area contributed by atoms with Gasteiger partial charge in [0.05, 0.1) is 13.2 Å². The summed E-state index contributed by atoms with van der Waals surface area (Å²) < 4.78 is 5.23. The maximum atomic E-state index is 9.26. The van der Waals surface area contributed by atoms with Gasteiger partial charge in [0.1, 0.15) is 11.9 Å². The molecule has 0 bridgehead atoms.